The van der Waals surface area contributed by atoms with E-state index in [0.717, 1.165) is 0 Å². The van der Waals surface area contributed by atoms with Gasteiger partial charge >= 0.3 is 5.97 Å². The number of halogens is 1. The first-order valence-corrected chi connectivity index (χ1v) is 7.17. The van der Waals surface area contributed by atoms with E-state index >= 15 is 0 Å². The molecule has 0 heterocycles. The van der Waals surface area contributed by atoms with Crippen LogP contribution in [-0.4, -0.2) is 21.9 Å². The molecule has 2 rings (SSSR count). The second kappa shape index (κ2) is 6.21. The summed E-state index contributed by atoms with van der Waals surface area (Å²) in [7, 11) is 0. The SMILES string of the molecule is O=C(O)[C@H]1CCC[C@H]1C(=O)Nc1ccc(Br)cc1[N+](=O)[O-]. The van der Waals surface area contributed by atoms with Crippen molar-refractivity contribution < 1.29 is 19.6 Å². The largest absolute Gasteiger partial charge is 0.481 e. The van der Waals surface area contributed by atoms with Gasteiger partial charge in [0.05, 0.1) is 16.8 Å². The summed E-state index contributed by atoms with van der Waals surface area (Å²) >= 11 is 3.13. The third kappa shape index (κ3) is 3.38. The van der Waals surface area contributed by atoms with Crippen LogP contribution in [0.15, 0.2) is 22.7 Å². The van der Waals surface area contributed by atoms with Crippen LogP contribution in [0.25, 0.3) is 0 Å². The van der Waals surface area contributed by atoms with Crippen molar-refractivity contribution in [3.8, 4) is 0 Å². The predicted octanol–water partition coefficient (Wildman–Crippen LogP) is 2.80. The minimum atomic E-state index is -1.00. The summed E-state index contributed by atoms with van der Waals surface area (Å²) < 4.78 is 0.525. The molecule has 2 N–H and O–H groups in total. The normalized spacial score (nSPS) is 21.0. The van der Waals surface area contributed by atoms with Crippen LogP contribution in [0, 0.1) is 22.0 Å². The molecule has 2 atom stereocenters. The second-order valence-electron chi connectivity index (χ2n) is 4.89. The summed E-state index contributed by atoms with van der Waals surface area (Å²) in [6.45, 7) is 0. The molecule has 0 bridgehead atoms. The van der Waals surface area contributed by atoms with Crippen LogP contribution in [-0.2, 0) is 9.59 Å². The van der Waals surface area contributed by atoms with Gasteiger partial charge in [-0.3, -0.25) is 19.7 Å². The zero-order valence-electron chi connectivity index (χ0n) is 10.9. The summed E-state index contributed by atoms with van der Waals surface area (Å²) in [5.74, 6) is -2.85. The van der Waals surface area contributed by atoms with Crippen LogP contribution in [0.4, 0.5) is 11.4 Å². The second-order valence-corrected chi connectivity index (χ2v) is 5.81. The first kappa shape index (κ1) is 15.4. The fourth-order valence-electron chi connectivity index (χ4n) is 2.56. The van der Waals surface area contributed by atoms with E-state index in [2.05, 4.69) is 21.2 Å². The maximum absolute atomic E-state index is 12.2. The molecule has 1 aromatic carbocycles. The van der Waals surface area contributed by atoms with Crippen molar-refractivity contribution in [1.29, 1.82) is 0 Å². The Morgan fingerprint density at radius 2 is 2.00 bits per heavy atom. The Morgan fingerprint density at radius 3 is 2.62 bits per heavy atom. The summed E-state index contributed by atoms with van der Waals surface area (Å²) in [6, 6.07) is 4.29. The first-order valence-electron chi connectivity index (χ1n) is 6.37. The fourth-order valence-corrected chi connectivity index (χ4v) is 2.91. The smallest absolute Gasteiger partial charge is 0.307 e. The number of amides is 1. The lowest BCUT2D eigenvalue weighted by Gasteiger charge is -2.15. The number of hydrogen-bond acceptors (Lipinski definition) is 4. The molecule has 1 amide bonds. The lowest BCUT2D eigenvalue weighted by atomic mass is 9.95. The Kier molecular flexibility index (Phi) is 4.56. The summed E-state index contributed by atoms with van der Waals surface area (Å²) in [6.07, 6.45) is 1.60. The van der Waals surface area contributed by atoms with E-state index < -0.39 is 28.6 Å². The molecule has 112 valence electrons. The number of nitrogens with one attached hydrogen (secondary N) is 1. The quantitative estimate of drug-likeness (QED) is 0.636. The van der Waals surface area contributed by atoms with Gasteiger partial charge in [-0.15, -0.1) is 0 Å². The zero-order chi connectivity index (χ0) is 15.6. The third-order valence-electron chi connectivity index (χ3n) is 3.58. The van der Waals surface area contributed by atoms with Gasteiger partial charge in [-0.05, 0) is 25.0 Å². The summed E-state index contributed by atoms with van der Waals surface area (Å²) in [5, 5.41) is 22.6. The Balaban J connectivity index is 2.20. The van der Waals surface area contributed by atoms with Gasteiger partial charge in [-0.25, -0.2) is 0 Å². The highest BCUT2D eigenvalue weighted by molar-refractivity contribution is 9.10. The zero-order valence-corrected chi connectivity index (χ0v) is 12.5. The molecule has 0 radical (unpaired) electrons. The van der Waals surface area contributed by atoms with E-state index in [0.29, 0.717) is 23.7 Å². The van der Waals surface area contributed by atoms with Crippen molar-refractivity contribution in [3.05, 3.63) is 32.8 Å². The number of nitro benzene ring substituents is 1. The van der Waals surface area contributed by atoms with Crippen LogP contribution in [0.3, 0.4) is 0 Å². The van der Waals surface area contributed by atoms with Gasteiger partial charge in [0.2, 0.25) is 5.91 Å². The molecule has 21 heavy (non-hydrogen) atoms. The maximum atomic E-state index is 12.2. The average Bonchev–Trinajstić information content (AvgIpc) is 2.90. The van der Waals surface area contributed by atoms with E-state index in [1.807, 2.05) is 0 Å². The van der Waals surface area contributed by atoms with Crippen molar-refractivity contribution in [1.82, 2.24) is 0 Å². The van der Waals surface area contributed by atoms with E-state index in [4.69, 9.17) is 5.11 Å². The monoisotopic (exact) mass is 356 g/mol. The standard InChI is InChI=1S/C13H13BrN2O5/c14-7-4-5-10(11(6-7)16(20)21)15-12(17)8-2-1-3-9(8)13(18)19/h4-6,8-9H,1-3H2,(H,15,17)(H,18,19)/t8-,9+/m1/s1. The summed E-state index contributed by atoms with van der Waals surface area (Å²) in [4.78, 5) is 33.7. The number of rotatable bonds is 4. The van der Waals surface area contributed by atoms with E-state index in [1.54, 1.807) is 6.07 Å². The highest BCUT2D eigenvalue weighted by Gasteiger charge is 2.38. The predicted molar refractivity (Wildman–Crippen MR) is 77.9 cm³/mol. The summed E-state index contributed by atoms with van der Waals surface area (Å²) in [5.41, 5.74) is -0.160. The first-order chi connectivity index (χ1) is 9.90. The van der Waals surface area contributed by atoms with Crippen LogP contribution < -0.4 is 5.32 Å². The van der Waals surface area contributed by atoms with Gasteiger partial charge in [0.1, 0.15) is 5.69 Å². The Labute approximate surface area is 128 Å². The Hall–Kier alpha value is -1.96. The van der Waals surface area contributed by atoms with Crippen LogP contribution in [0.2, 0.25) is 0 Å². The van der Waals surface area contributed by atoms with Crippen LogP contribution in [0.5, 0.6) is 0 Å². The van der Waals surface area contributed by atoms with E-state index in [-0.39, 0.29) is 11.4 Å². The molecule has 1 fully saturated rings. The van der Waals surface area contributed by atoms with Gasteiger partial charge in [0.15, 0.2) is 0 Å². The molecule has 0 aliphatic heterocycles. The minimum Gasteiger partial charge on any atom is -0.481 e. The molecule has 8 heteroatoms. The number of nitrogens with zero attached hydrogens (tertiary/aromatic N) is 1. The van der Waals surface area contributed by atoms with Gasteiger partial charge in [-0.2, -0.15) is 0 Å². The molecule has 1 saturated carbocycles. The number of aliphatic carboxylic acids is 1. The van der Waals surface area contributed by atoms with Gasteiger partial charge in [0.25, 0.3) is 5.69 Å². The van der Waals surface area contributed by atoms with Crippen molar-refractivity contribution in [2.45, 2.75) is 19.3 Å². The van der Waals surface area contributed by atoms with Crippen molar-refractivity contribution in [3.63, 3.8) is 0 Å². The molecule has 1 aliphatic rings. The molecule has 7 nitrogen and oxygen atoms in total. The van der Waals surface area contributed by atoms with Gasteiger partial charge in [0, 0.05) is 10.5 Å². The average molecular weight is 357 g/mol. The van der Waals surface area contributed by atoms with E-state index in [9.17, 15) is 19.7 Å². The Bertz CT molecular complexity index is 604. The van der Waals surface area contributed by atoms with Crippen molar-refractivity contribution in [2.24, 2.45) is 11.8 Å². The lowest BCUT2D eigenvalue weighted by molar-refractivity contribution is -0.384. The highest BCUT2D eigenvalue weighted by atomic mass is 79.9. The lowest BCUT2D eigenvalue weighted by Crippen LogP contribution is -2.30. The molecule has 0 spiro atoms. The van der Waals surface area contributed by atoms with Crippen LogP contribution >= 0.6 is 15.9 Å². The number of anilines is 1. The number of carboxylic acid groups (broad SMARTS) is 1. The van der Waals surface area contributed by atoms with Crippen LogP contribution in [0.1, 0.15) is 19.3 Å². The highest BCUT2D eigenvalue weighted by Crippen LogP contribution is 2.34. The van der Waals surface area contributed by atoms with E-state index in [1.165, 1.54) is 12.1 Å². The molecule has 1 aromatic rings. The van der Waals surface area contributed by atoms with Gasteiger partial charge in [-0.1, -0.05) is 22.4 Å². The third-order valence-corrected chi connectivity index (χ3v) is 4.08. The number of benzene rings is 1. The number of carbonyl (C=O) groups excluding carboxylic acids is 1. The molecule has 0 unspecified atom stereocenters. The number of nitro groups is 1. The molecular weight excluding hydrogens is 344 g/mol. The number of carbonyl (C=O) groups is 2. The maximum Gasteiger partial charge on any atom is 0.307 e. The Morgan fingerprint density at radius 1 is 1.33 bits per heavy atom. The van der Waals surface area contributed by atoms with Gasteiger partial charge < -0.3 is 10.4 Å². The molecule has 1 aliphatic carbocycles. The van der Waals surface area contributed by atoms with Crippen molar-refractivity contribution >= 4 is 39.2 Å². The molecule has 0 saturated heterocycles. The van der Waals surface area contributed by atoms with Crippen molar-refractivity contribution in [2.75, 3.05) is 5.32 Å². The number of hydrogen-bond donors (Lipinski definition) is 2. The topological polar surface area (TPSA) is 110 Å². The molecule has 0 aromatic heterocycles. The number of carboxylic acids is 1. The minimum absolute atomic E-state index is 0.0734. The molecular formula is C13H13BrN2O5. The fraction of sp³-hybridized carbons (Fsp3) is 0.385.